The number of fused-ring (bicyclic) bond motifs is 6. The van der Waals surface area contributed by atoms with Crippen molar-refractivity contribution in [3.05, 3.63) is 47.8 Å². The summed E-state index contributed by atoms with van der Waals surface area (Å²) in [6.07, 6.45) is 12.6. The van der Waals surface area contributed by atoms with E-state index in [1.165, 1.54) is 12.8 Å². The average molecular weight is 663 g/mol. The molecule has 10 heteroatoms. The Morgan fingerprint density at radius 3 is 2.71 bits per heavy atom. The number of phenolic OH excluding ortho intramolecular Hbond substituents is 1. The van der Waals surface area contributed by atoms with Gasteiger partial charge in [-0.1, -0.05) is 18.1 Å². The number of hydrogen-bond acceptors (Lipinski definition) is 9. The van der Waals surface area contributed by atoms with Crippen molar-refractivity contribution in [2.45, 2.75) is 62.7 Å². The van der Waals surface area contributed by atoms with Crippen molar-refractivity contribution >= 4 is 27.5 Å². The van der Waals surface area contributed by atoms with E-state index in [1.54, 1.807) is 18.2 Å². The van der Waals surface area contributed by atoms with E-state index in [2.05, 4.69) is 40.0 Å². The van der Waals surface area contributed by atoms with E-state index >= 15 is 4.39 Å². The van der Waals surface area contributed by atoms with E-state index in [-0.39, 0.29) is 40.3 Å². The maximum Gasteiger partial charge on any atom is 0.319 e. The first-order valence-electron chi connectivity index (χ1n) is 17.7. The fraction of sp³-hybridized carbons (Fsp3) is 0.487. The zero-order valence-electron chi connectivity index (χ0n) is 28.2. The predicted octanol–water partition coefficient (Wildman–Crippen LogP) is 5.16. The monoisotopic (exact) mass is 662 g/mol. The maximum absolute atomic E-state index is 17.2. The molecule has 2 N–H and O–H groups in total. The van der Waals surface area contributed by atoms with E-state index in [1.807, 2.05) is 18.2 Å². The van der Waals surface area contributed by atoms with Crippen molar-refractivity contribution in [1.29, 1.82) is 0 Å². The van der Waals surface area contributed by atoms with Gasteiger partial charge in [-0.25, -0.2) is 4.39 Å². The number of aromatic hydroxyl groups is 1. The molecule has 3 saturated heterocycles. The Morgan fingerprint density at radius 2 is 1.94 bits per heavy atom. The summed E-state index contributed by atoms with van der Waals surface area (Å²) in [5.74, 6) is 3.44. The highest BCUT2D eigenvalue weighted by Gasteiger charge is 2.46. The Kier molecular flexibility index (Phi) is 7.38. The van der Waals surface area contributed by atoms with Crippen molar-refractivity contribution in [2.75, 3.05) is 58.4 Å². The summed E-state index contributed by atoms with van der Waals surface area (Å²) in [7, 11) is 4.34. The number of benzene rings is 3. The van der Waals surface area contributed by atoms with Crippen LogP contribution in [0.1, 0.15) is 44.1 Å². The second-order valence-corrected chi connectivity index (χ2v) is 15.2. The van der Waals surface area contributed by atoms with Gasteiger partial charge in [0.15, 0.2) is 5.82 Å². The Balaban J connectivity index is 1.12. The smallest absolute Gasteiger partial charge is 0.319 e. The van der Waals surface area contributed by atoms with Crippen molar-refractivity contribution in [1.82, 2.24) is 25.1 Å². The van der Waals surface area contributed by atoms with Gasteiger partial charge < -0.3 is 34.6 Å². The van der Waals surface area contributed by atoms with Crippen LogP contribution in [0.2, 0.25) is 0 Å². The van der Waals surface area contributed by atoms with Crippen LogP contribution >= 0.6 is 0 Å². The zero-order valence-corrected chi connectivity index (χ0v) is 28.2. The molecule has 0 amide bonds. The van der Waals surface area contributed by atoms with Crippen LogP contribution in [0, 0.1) is 23.6 Å². The van der Waals surface area contributed by atoms with Gasteiger partial charge in [-0.2, -0.15) is 9.97 Å². The molecule has 5 heterocycles. The molecule has 3 aromatic carbocycles. The number of anilines is 1. The Hall–Kier alpha value is -4.17. The number of nitrogens with zero attached hydrogens (tertiary/aromatic N) is 5. The van der Waals surface area contributed by atoms with Crippen LogP contribution < -0.4 is 19.7 Å². The minimum Gasteiger partial charge on any atom is -0.508 e. The number of aromatic nitrogens is 2. The number of halogens is 1. The molecule has 4 aromatic rings. The van der Waals surface area contributed by atoms with Crippen LogP contribution in [0.4, 0.5) is 10.2 Å². The van der Waals surface area contributed by atoms with Gasteiger partial charge in [-0.05, 0) is 101 Å². The van der Waals surface area contributed by atoms with Gasteiger partial charge in [0.2, 0.25) is 0 Å². The maximum atomic E-state index is 17.2. The second-order valence-electron chi connectivity index (χ2n) is 15.2. The van der Waals surface area contributed by atoms with E-state index < -0.39 is 5.82 Å². The van der Waals surface area contributed by atoms with Gasteiger partial charge in [0.25, 0.3) is 0 Å². The second kappa shape index (κ2) is 11.7. The third-order valence-electron chi connectivity index (χ3n) is 11.8. The number of nitrogens with one attached hydrogen (secondary N) is 1. The lowest BCUT2D eigenvalue weighted by Gasteiger charge is -2.40. The van der Waals surface area contributed by atoms with E-state index in [0.717, 1.165) is 57.2 Å². The molecule has 1 aromatic heterocycles. The normalized spacial score (nSPS) is 24.5. The number of likely N-dealkylation sites (tertiary alicyclic amines) is 1. The van der Waals surface area contributed by atoms with Crippen LogP contribution in [-0.4, -0.2) is 103 Å². The molecule has 49 heavy (non-hydrogen) atoms. The standard InChI is InChI=1S/C39H43FN6O3/c1-4-23-6-5-7-24-16-27(47)17-28(33(23)24)29-18-32-34-36(35(29)40)42-38(43-37(34)46-19-25-8-9-30(41-25)31(46)20-48-32)49-22-39(12-13-39)21-45-14-10-26(11-15-45)44(2)3/h1,5-7,16-18,25-26,30-31,41,47H,8-15,19-22H2,2-3H3/t25-,30+,31-/m1/s1. The number of piperidine rings is 1. The largest absolute Gasteiger partial charge is 0.508 e. The summed E-state index contributed by atoms with van der Waals surface area (Å²) in [4.78, 5) is 17.1. The third-order valence-corrected chi connectivity index (χ3v) is 11.8. The Morgan fingerprint density at radius 1 is 1.10 bits per heavy atom. The Bertz CT molecular complexity index is 2000. The lowest BCUT2D eigenvalue weighted by molar-refractivity contribution is 0.105. The molecular weight excluding hydrogens is 619 g/mol. The molecular formula is C39H43FN6O3. The average Bonchev–Trinajstić information content (AvgIpc) is 3.80. The molecule has 3 atom stereocenters. The van der Waals surface area contributed by atoms with Crippen LogP contribution in [0.25, 0.3) is 32.8 Å². The van der Waals surface area contributed by atoms with Crippen molar-refractivity contribution in [3.8, 4) is 41.0 Å². The highest BCUT2D eigenvalue weighted by Crippen LogP contribution is 2.49. The van der Waals surface area contributed by atoms with Crippen LogP contribution in [0.5, 0.6) is 17.5 Å². The molecule has 2 bridgehead atoms. The summed E-state index contributed by atoms with van der Waals surface area (Å²) in [6.45, 7) is 4.87. The van der Waals surface area contributed by atoms with Crippen LogP contribution in [0.3, 0.4) is 0 Å². The summed E-state index contributed by atoms with van der Waals surface area (Å²) in [5.41, 5.74) is 1.59. The highest BCUT2D eigenvalue weighted by atomic mass is 19.1. The fourth-order valence-electron chi connectivity index (χ4n) is 8.86. The van der Waals surface area contributed by atoms with Gasteiger partial charge in [0.1, 0.15) is 29.4 Å². The van der Waals surface area contributed by atoms with Gasteiger partial charge in [0.05, 0.1) is 18.0 Å². The number of phenols is 1. The summed E-state index contributed by atoms with van der Waals surface area (Å²) in [6, 6.07) is 12.0. The number of terminal acetylenes is 1. The quantitative estimate of drug-likeness (QED) is 0.261. The van der Waals surface area contributed by atoms with Crippen molar-refractivity contribution < 1.29 is 19.0 Å². The molecule has 9 nitrogen and oxygen atoms in total. The van der Waals surface area contributed by atoms with Crippen molar-refractivity contribution in [3.63, 3.8) is 0 Å². The summed E-state index contributed by atoms with van der Waals surface area (Å²) < 4.78 is 30.2. The lowest BCUT2D eigenvalue weighted by atomic mass is 9.93. The molecule has 4 aliphatic heterocycles. The third kappa shape index (κ3) is 5.34. The highest BCUT2D eigenvalue weighted by molar-refractivity contribution is 6.05. The predicted molar refractivity (Wildman–Crippen MR) is 189 cm³/mol. The first-order valence-corrected chi connectivity index (χ1v) is 17.7. The van der Waals surface area contributed by atoms with Gasteiger partial charge in [0, 0.05) is 53.1 Å². The molecule has 9 rings (SSSR count). The number of piperazine rings is 1. The first kappa shape index (κ1) is 30.9. The topological polar surface area (TPSA) is 86.2 Å². The van der Waals surface area contributed by atoms with Crippen LogP contribution in [0.15, 0.2) is 36.4 Å². The number of ether oxygens (including phenoxy) is 2. The summed E-state index contributed by atoms with van der Waals surface area (Å²) in [5, 5.41) is 16.5. The molecule has 5 aliphatic rings. The van der Waals surface area contributed by atoms with Crippen molar-refractivity contribution in [2.24, 2.45) is 5.41 Å². The molecule has 0 unspecified atom stereocenters. The zero-order chi connectivity index (χ0) is 33.4. The van der Waals surface area contributed by atoms with Gasteiger partial charge >= 0.3 is 6.01 Å². The first-order chi connectivity index (χ1) is 23.8. The number of hydrogen-bond donors (Lipinski definition) is 2. The molecule has 4 fully saturated rings. The van der Waals surface area contributed by atoms with Crippen LogP contribution in [-0.2, 0) is 0 Å². The van der Waals surface area contributed by atoms with E-state index in [9.17, 15) is 5.11 Å². The molecule has 0 spiro atoms. The summed E-state index contributed by atoms with van der Waals surface area (Å²) >= 11 is 0. The Labute approximate surface area is 286 Å². The SMILES string of the molecule is C#Cc1cccc2cc(O)cc(-c3cc4c5c(nc(OCC6(CN7CCC(N(C)C)CC7)CC6)nc5c3F)N3C[C@H]5CC[C@H](N5)[C@H]3CO4)c12. The fourth-order valence-corrected chi connectivity index (χ4v) is 8.86. The molecule has 1 aliphatic carbocycles. The van der Waals surface area contributed by atoms with Gasteiger partial charge in [-0.3, -0.25) is 0 Å². The van der Waals surface area contributed by atoms with E-state index in [4.69, 9.17) is 25.9 Å². The molecule has 254 valence electrons. The lowest BCUT2D eigenvalue weighted by Crippen LogP contribution is -2.60. The van der Waals surface area contributed by atoms with E-state index in [0.29, 0.717) is 58.8 Å². The molecule has 1 saturated carbocycles. The minimum atomic E-state index is -0.518. The molecule has 0 radical (unpaired) electrons. The van der Waals surface area contributed by atoms with Gasteiger partial charge in [-0.15, -0.1) is 6.42 Å². The minimum absolute atomic E-state index is 0.0234. The number of rotatable bonds is 7.